The fraction of sp³-hybridized carbons (Fsp3) is 0.174. The van der Waals surface area contributed by atoms with E-state index in [9.17, 15) is 14.9 Å². The second-order valence-corrected chi connectivity index (χ2v) is 6.91. The smallest absolute Gasteiger partial charge is 0.255 e. The summed E-state index contributed by atoms with van der Waals surface area (Å²) in [5.41, 5.74) is 3.79. The van der Waals surface area contributed by atoms with Crippen LogP contribution in [0.4, 0.5) is 0 Å². The molecule has 5 heteroatoms. The van der Waals surface area contributed by atoms with Crippen LogP contribution in [0, 0.1) is 11.3 Å². The van der Waals surface area contributed by atoms with Gasteiger partial charge in [0.2, 0.25) is 0 Å². The molecule has 2 heterocycles. The Morgan fingerprint density at radius 2 is 1.79 bits per heavy atom. The van der Waals surface area contributed by atoms with Gasteiger partial charge < -0.3 is 9.47 Å². The molecule has 1 aliphatic heterocycles. The van der Waals surface area contributed by atoms with Crippen LogP contribution in [0.3, 0.4) is 0 Å². The molecule has 28 heavy (non-hydrogen) atoms. The first kappa shape index (κ1) is 17.7. The summed E-state index contributed by atoms with van der Waals surface area (Å²) >= 11 is 0. The van der Waals surface area contributed by atoms with Crippen LogP contribution in [0.2, 0.25) is 0 Å². The van der Waals surface area contributed by atoms with Gasteiger partial charge >= 0.3 is 0 Å². The summed E-state index contributed by atoms with van der Waals surface area (Å²) in [6.07, 6.45) is 2.50. The van der Waals surface area contributed by atoms with Gasteiger partial charge in [-0.25, -0.2) is 0 Å². The van der Waals surface area contributed by atoms with Crippen molar-refractivity contribution < 1.29 is 4.79 Å². The number of pyridine rings is 1. The first-order valence-corrected chi connectivity index (χ1v) is 9.20. The molecule has 0 fully saturated rings. The number of aromatic nitrogens is 1. The number of nitriles is 1. The van der Waals surface area contributed by atoms with Crippen LogP contribution in [0.25, 0.3) is 0 Å². The van der Waals surface area contributed by atoms with Gasteiger partial charge in [-0.05, 0) is 35.2 Å². The van der Waals surface area contributed by atoms with Crippen molar-refractivity contribution in [3.8, 4) is 6.07 Å². The molecule has 0 atom stereocenters. The Morgan fingerprint density at radius 1 is 1.04 bits per heavy atom. The molecule has 1 aliphatic rings. The van der Waals surface area contributed by atoms with E-state index in [0.29, 0.717) is 37.2 Å². The second-order valence-electron chi connectivity index (χ2n) is 6.91. The van der Waals surface area contributed by atoms with E-state index in [1.807, 2.05) is 36.5 Å². The van der Waals surface area contributed by atoms with Crippen molar-refractivity contribution in [3.05, 3.63) is 105 Å². The summed E-state index contributed by atoms with van der Waals surface area (Å²) in [6.45, 7) is 1.47. The van der Waals surface area contributed by atoms with Crippen LogP contribution >= 0.6 is 0 Å². The molecule has 0 aliphatic carbocycles. The summed E-state index contributed by atoms with van der Waals surface area (Å²) < 4.78 is 1.69. The van der Waals surface area contributed by atoms with Crippen molar-refractivity contribution in [1.82, 2.24) is 9.47 Å². The Morgan fingerprint density at radius 3 is 2.57 bits per heavy atom. The van der Waals surface area contributed by atoms with E-state index >= 15 is 0 Å². The average molecular weight is 369 g/mol. The zero-order valence-corrected chi connectivity index (χ0v) is 15.3. The lowest BCUT2D eigenvalue weighted by atomic mass is 10.00. The highest BCUT2D eigenvalue weighted by Gasteiger charge is 2.24. The quantitative estimate of drug-likeness (QED) is 0.713. The molecule has 0 saturated carbocycles. The lowest BCUT2D eigenvalue weighted by Gasteiger charge is -2.29. The SMILES string of the molecule is N#Cc1ccccc1C(=O)N1CCc2cc(=O)n(Cc3ccccc3)cc2C1. The molecule has 0 spiro atoms. The van der Waals surface area contributed by atoms with Gasteiger partial charge in [-0.1, -0.05) is 42.5 Å². The molecule has 1 aromatic heterocycles. The minimum absolute atomic E-state index is 0.0304. The topological polar surface area (TPSA) is 66.1 Å². The first-order valence-electron chi connectivity index (χ1n) is 9.20. The highest BCUT2D eigenvalue weighted by atomic mass is 16.2. The Bertz CT molecular complexity index is 1130. The number of amides is 1. The number of fused-ring (bicyclic) bond motifs is 1. The van der Waals surface area contributed by atoms with E-state index in [0.717, 1.165) is 16.7 Å². The van der Waals surface area contributed by atoms with Gasteiger partial charge in [-0.2, -0.15) is 5.26 Å². The zero-order chi connectivity index (χ0) is 19.5. The monoisotopic (exact) mass is 369 g/mol. The van der Waals surface area contributed by atoms with E-state index < -0.39 is 0 Å². The van der Waals surface area contributed by atoms with E-state index in [2.05, 4.69) is 6.07 Å². The zero-order valence-electron chi connectivity index (χ0n) is 15.3. The third-order valence-corrected chi connectivity index (χ3v) is 5.08. The van der Waals surface area contributed by atoms with Gasteiger partial charge in [-0.3, -0.25) is 9.59 Å². The van der Waals surface area contributed by atoms with Gasteiger partial charge in [0, 0.05) is 25.4 Å². The maximum atomic E-state index is 12.9. The first-order chi connectivity index (χ1) is 13.7. The lowest BCUT2D eigenvalue weighted by molar-refractivity contribution is 0.0734. The summed E-state index contributed by atoms with van der Waals surface area (Å²) in [7, 11) is 0. The van der Waals surface area contributed by atoms with Gasteiger partial charge in [0.1, 0.15) is 0 Å². The van der Waals surface area contributed by atoms with Crippen molar-refractivity contribution in [2.45, 2.75) is 19.5 Å². The summed E-state index contributed by atoms with van der Waals surface area (Å²) in [6, 6.07) is 20.5. The highest BCUT2D eigenvalue weighted by molar-refractivity contribution is 5.96. The van der Waals surface area contributed by atoms with E-state index in [-0.39, 0.29) is 11.5 Å². The Hall–Kier alpha value is -3.65. The normalized spacial score (nSPS) is 12.9. The summed E-state index contributed by atoms with van der Waals surface area (Å²) in [4.78, 5) is 27.1. The van der Waals surface area contributed by atoms with Crippen LogP contribution in [0.1, 0.15) is 32.6 Å². The Balaban J connectivity index is 1.61. The van der Waals surface area contributed by atoms with Crippen molar-refractivity contribution in [1.29, 1.82) is 5.26 Å². The number of carbonyl (C=O) groups is 1. The molecule has 138 valence electrons. The third-order valence-electron chi connectivity index (χ3n) is 5.08. The predicted molar refractivity (Wildman–Crippen MR) is 106 cm³/mol. The molecule has 0 saturated heterocycles. The molecule has 5 nitrogen and oxygen atoms in total. The van der Waals surface area contributed by atoms with Crippen LogP contribution in [0.5, 0.6) is 0 Å². The number of hydrogen-bond donors (Lipinski definition) is 0. The van der Waals surface area contributed by atoms with E-state index in [1.165, 1.54) is 0 Å². The van der Waals surface area contributed by atoms with E-state index in [1.54, 1.807) is 39.8 Å². The minimum Gasteiger partial charge on any atom is -0.334 e. The van der Waals surface area contributed by atoms with Crippen LogP contribution in [-0.2, 0) is 19.5 Å². The lowest BCUT2D eigenvalue weighted by Crippen LogP contribution is -2.37. The molecule has 2 aromatic carbocycles. The van der Waals surface area contributed by atoms with Crippen LogP contribution in [0.15, 0.2) is 71.7 Å². The van der Waals surface area contributed by atoms with Crippen molar-refractivity contribution in [2.24, 2.45) is 0 Å². The maximum absolute atomic E-state index is 12.9. The Kier molecular flexibility index (Phi) is 4.77. The summed E-state index contributed by atoms with van der Waals surface area (Å²) in [5, 5.41) is 9.27. The van der Waals surface area contributed by atoms with Gasteiger partial charge in [0.15, 0.2) is 0 Å². The molecule has 0 radical (unpaired) electrons. The molecule has 4 rings (SSSR count). The molecule has 0 unspecified atom stereocenters. The number of rotatable bonds is 3. The standard InChI is InChI=1S/C23H19N3O2/c24-13-19-8-4-5-9-21(19)23(28)25-11-10-18-12-22(27)26(16-20(18)15-25)14-17-6-2-1-3-7-17/h1-9,12,16H,10-11,14-15H2. The molecule has 0 N–H and O–H groups in total. The van der Waals surface area contributed by atoms with Crippen molar-refractivity contribution in [2.75, 3.05) is 6.54 Å². The van der Waals surface area contributed by atoms with Gasteiger partial charge in [-0.15, -0.1) is 0 Å². The number of hydrogen-bond acceptors (Lipinski definition) is 3. The number of nitrogens with zero attached hydrogens (tertiary/aromatic N) is 3. The Labute approximate surface area is 163 Å². The second kappa shape index (κ2) is 7.53. The molecule has 1 amide bonds. The fourth-order valence-electron chi connectivity index (χ4n) is 3.59. The number of carbonyl (C=O) groups excluding carboxylic acids is 1. The highest BCUT2D eigenvalue weighted by Crippen LogP contribution is 2.21. The van der Waals surface area contributed by atoms with Gasteiger partial charge in [0.25, 0.3) is 11.5 Å². The minimum atomic E-state index is -0.149. The predicted octanol–water partition coefficient (Wildman–Crippen LogP) is 2.97. The fourth-order valence-corrected chi connectivity index (χ4v) is 3.59. The van der Waals surface area contributed by atoms with Gasteiger partial charge in [0.05, 0.1) is 23.7 Å². The molecule has 3 aromatic rings. The average Bonchev–Trinajstić information content (AvgIpc) is 2.74. The molecular formula is C23H19N3O2. The molecule has 0 bridgehead atoms. The van der Waals surface area contributed by atoms with Crippen molar-refractivity contribution >= 4 is 5.91 Å². The van der Waals surface area contributed by atoms with E-state index in [4.69, 9.17) is 0 Å². The maximum Gasteiger partial charge on any atom is 0.255 e. The largest absolute Gasteiger partial charge is 0.334 e. The van der Waals surface area contributed by atoms with Crippen molar-refractivity contribution in [3.63, 3.8) is 0 Å². The molecular weight excluding hydrogens is 350 g/mol. The number of benzene rings is 2. The van der Waals surface area contributed by atoms with Crippen LogP contribution in [-0.4, -0.2) is 21.9 Å². The third kappa shape index (κ3) is 3.45. The van der Waals surface area contributed by atoms with Crippen LogP contribution < -0.4 is 5.56 Å². The summed E-state index contributed by atoms with van der Waals surface area (Å²) in [5.74, 6) is -0.149.